The SMILES string of the molecule is COCCO[SiH]C. The van der Waals surface area contributed by atoms with Gasteiger partial charge in [-0.2, -0.15) is 0 Å². The molecule has 7 heavy (non-hydrogen) atoms. The van der Waals surface area contributed by atoms with Crippen LogP contribution in [0.25, 0.3) is 0 Å². The Hall–Kier alpha value is 0.137. The summed E-state index contributed by atoms with van der Waals surface area (Å²) in [5.74, 6) is 0. The zero-order chi connectivity index (χ0) is 5.54. The van der Waals surface area contributed by atoms with E-state index in [-0.39, 0.29) is 9.76 Å². The fourth-order valence-electron chi connectivity index (χ4n) is 0.249. The summed E-state index contributed by atoms with van der Waals surface area (Å²) in [6.45, 7) is 3.53. The van der Waals surface area contributed by atoms with Crippen LogP contribution in [0, 0.1) is 0 Å². The monoisotopic (exact) mass is 119 g/mol. The Morgan fingerprint density at radius 2 is 2.14 bits per heavy atom. The van der Waals surface area contributed by atoms with Crippen LogP contribution in [-0.2, 0) is 9.16 Å². The number of hydrogen-bond donors (Lipinski definition) is 0. The molecule has 2 nitrogen and oxygen atoms in total. The quantitative estimate of drug-likeness (QED) is 0.384. The van der Waals surface area contributed by atoms with Crippen LogP contribution < -0.4 is 0 Å². The van der Waals surface area contributed by atoms with Crippen molar-refractivity contribution >= 4 is 9.76 Å². The molecule has 0 saturated heterocycles. The lowest BCUT2D eigenvalue weighted by Gasteiger charge is -1.95. The normalized spacial score (nSPS) is 9.43. The fourth-order valence-corrected chi connectivity index (χ4v) is 0.581. The third-order valence-electron chi connectivity index (χ3n) is 0.572. The third kappa shape index (κ3) is 6.14. The van der Waals surface area contributed by atoms with E-state index < -0.39 is 0 Å². The molecular formula is C4H11O2Si. The van der Waals surface area contributed by atoms with E-state index in [2.05, 4.69) is 6.55 Å². The van der Waals surface area contributed by atoms with Gasteiger partial charge in [0.2, 0.25) is 0 Å². The molecule has 0 aliphatic heterocycles. The van der Waals surface area contributed by atoms with E-state index >= 15 is 0 Å². The second kappa shape index (κ2) is 6.14. The number of rotatable bonds is 4. The lowest BCUT2D eigenvalue weighted by Crippen LogP contribution is -2.02. The molecule has 43 valence electrons. The molecule has 0 aliphatic carbocycles. The number of hydrogen-bond acceptors (Lipinski definition) is 2. The van der Waals surface area contributed by atoms with Gasteiger partial charge >= 0.3 is 0 Å². The first kappa shape index (κ1) is 7.14. The van der Waals surface area contributed by atoms with Crippen LogP contribution in [0.5, 0.6) is 0 Å². The summed E-state index contributed by atoms with van der Waals surface area (Å²) < 4.78 is 9.76. The van der Waals surface area contributed by atoms with Gasteiger partial charge in [-0.25, -0.2) is 0 Å². The molecule has 0 aromatic carbocycles. The molecule has 0 unspecified atom stereocenters. The maximum atomic E-state index is 5.03. The average molecular weight is 119 g/mol. The van der Waals surface area contributed by atoms with Gasteiger partial charge < -0.3 is 9.16 Å². The predicted molar refractivity (Wildman–Crippen MR) is 30.8 cm³/mol. The van der Waals surface area contributed by atoms with Crippen LogP contribution in [-0.4, -0.2) is 30.1 Å². The van der Waals surface area contributed by atoms with Crippen molar-refractivity contribution in [1.82, 2.24) is 0 Å². The molecule has 0 aliphatic rings. The van der Waals surface area contributed by atoms with Gasteiger partial charge in [0.25, 0.3) is 0 Å². The largest absolute Gasteiger partial charge is 0.419 e. The van der Waals surface area contributed by atoms with Crippen molar-refractivity contribution in [2.24, 2.45) is 0 Å². The van der Waals surface area contributed by atoms with Crippen molar-refractivity contribution in [2.75, 3.05) is 20.3 Å². The molecule has 0 heterocycles. The number of methoxy groups -OCH3 is 1. The second-order valence-electron chi connectivity index (χ2n) is 1.10. The van der Waals surface area contributed by atoms with Crippen LogP contribution in [0.2, 0.25) is 6.55 Å². The summed E-state index contributed by atoms with van der Waals surface area (Å²) in [4.78, 5) is 0. The average Bonchev–Trinajstić information content (AvgIpc) is 1.69. The summed E-state index contributed by atoms with van der Waals surface area (Å²) >= 11 is 0. The van der Waals surface area contributed by atoms with Crippen molar-refractivity contribution in [3.8, 4) is 0 Å². The summed E-state index contributed by atoms with van der Waals surface area (Å²) in [5, 5.41) is 0. The Bertz CT molecular complexity index is 28.9. The topological polar surface area (TPSA) is 18.5 Å². The van der Waals surface area contributed by atoms with Crippen molar-refractivity contribution in [2.45, 2.75) is 6.55 Å². The predicted octanol–water partition coefficient (Wildman–Crippen LogP) is 0.0490. The van der Waals surface area contributed by atoms with E-state index in [0.717, 1.165) is 13.2 Å². The van der Waals surface area contributed by atoms with Gasteiger partial charge in [0.05, 0.1) is 13.2 Å². The maximum Gasteiger partial charge on any atom is 0.190 e. The van der Waals surface area contributed by atoms with Gasteiger partial charge in [-0.15, -0.1) is 0 Å². The maximum absolute atomic E-state index is 5.03. The molecule has 0 aromatic rings. The minimum Gasteiger partial charge on any atom is -0.419 e. The highest BCUT2D eigenvalue weighted by atomic mass is 28.2. The van der Waals surface area contributed by atoms with E-state index in [9.17, 15) is 0 Å². The van der Waals surface area contributed by atoms with Crippen molar-refractivity contribution in [3.63, 3.8) is 0 Å². The van der Waals surface area contributed by atoms with Crippen molar-refractivity contribution in [3.05, 3.63) is 0 Å². The van der Waals surface area contributed by atoms with Crippen LogP contribution in [0.3, 0.4) is 0 Å². The zero-order valence-corrected chi connectivity index (χ0v) is 5.96. The van der Waals surface area contributed by atoms with E-state index in [1.807, 2.05) is 0 Å². The lowest BCUT2D eigenvalue weighted by molar-refractivity contribution is 0.149. The van der Waals surface area contributed by atoms with Crippen LogP contribution in [0.1, 0.15) is 0 Å². The highest BCUT2D eigenvalue weighted by Gasteiger charge is 1.79. The molecule has 0 aromatic heterocycles. The molecule has 0 rings (SSSR count). The molecular weight excluding hydrogens is 108 g/mol. The van der Waals surface area contributed by atoms with Crippen LogP contribution >= 0.6 is 0 Å². The Labute approximate surface area is 46.8 Å². The molecule has 0 N–H and O–H groups in total. The first-order chi connectivity index (χ1) is 3.41. The van der Waals surface area contributed by atoms with Crippen molar-refractivity contribution < 1.29 is 9.16 Å². The van der Waals surface area contributed by atoms with Gasteiger partial charge in [-0.1, -0.05) is 0 Å². The van der Waals surface area contributed by atoms with E-state index in [0.29, 0.717) is 0 Å². The van der Waals surface area contributed by atoms with Crippen LogP contribution in [0.15, 0.2) is 0 Å². The summed E-state index contributed by atoms with van der Waals surface area (Å²) in [7, 11) is 1.88. The third-order valence-corrected chi connectivity index (χ3v) is 1.14. The minimum absolute atomic E-state index is 0.201. The zero-order valence-electron chi connectivity index (χ0n) is 4.81. The smallest absolute Gasteiger partial charge is 0.190 e. The Kier molecular flexibility index (Phi) is 6.26. The molecule has 0 amide bonds. The Morgan fingerprint density at radius 1 is 1.43 bits per heavy atom. The van der Waals surface area contributed by atoms with Gasteiger partial charge in [0, 0.05) is 7.11 Å². The van der Waals surface area contributed by atoms with Crippen molar-refractivity contribution in [1.29, 1.82) is 0 Å². The standard InChI is InChI=1S/C4H11O2Si/c1-5-3-4-6-7-2/h7H,3-4H2,1-2H3. The first-order valence-corrected chi connectivity index (χ1v) is 3.92. The Balaban J connectivity index is 2.45. The van der Waals surface area contributed by atoms with Crippen LogP contribution in [0.4, 0.5) is 0 Å². The minimum atomic E-state index is 0.201. The van der Waals surface area contributed by atoms with E-state index in [4.69, 9.17) is 9.16 Å². The molecule has 0 atom stereocenters. The van der Waals surface area contributed by atoms with Gasteiger partial charge in [-0.05, 0) is 6.55 Å². The molecule has 3 heteroatoms. The molecule has 0 saturated carbocycles. The van der Waals surface area contributed by atoms with Gasteiger partial charge in [-0.3, -0.25) is 0 Å². The molecule has 0 bridgehead atoms. The summed E-state index contributed by atoms with van der Waals surface area (Å²) in [5.41, 5.74) is 0. The summed E-state index contributed by atoms with van der Waals surface area (Å²) in [6, 6.07) is 0. The highest BCUT2D eigenvalue weighted by molar-refractivity contribution is 6.24. The molecule has 1 radical (unpaired) electrons. The van der Waals surface area contributed by atoms with Gasteiger partial charge in [0.1, 0.15) is 0 Å². The first-order valence-electron chi connectivity index (χ1n) is 2.30. The molecule has 0 fully saturated rings. The summed E-state index contributed by atoms with van der Waals surface area (Å²) in [6.07, 6.45) is 0. The number of ether oxygens (including phenoxy) is 1. The Morgan fingerprint density at radius 3 is 2.57 bits per heavy atom. The van der Waals surface area contributed by atoms with Gasteiger partial charge in [0.15, 0.2) is 9.76 Å². The molecule has 0 spiro atoms. The lowest BCUT2D eigenvalue weighted by atomic mass is 10.8. The van der Waals surface area contributed by atoms with E-state index in [1.54, 1.807) is 7.11 Å². The highest BCUT2D eigenvalue weighted by Crippen LogP contribution is 1.69. The van der Waals surface area contributed by atoms with E-state index in [1.165, 1.54) is 0 Å². The second-order valence-corrected chi connectivity index (χ2v) is 1.90. The fraction of sp³-hybridized carbons (Fsp3) is 1.00.